The molecule has 0 spiro atoms. The number of nitrogens with zero attached hydrogens (tertiary/aromatic N) is 5. The summed E-state index contributed by atoms with van der Waals surface area (Å²) in [6.07, 6.45) is 1.47. The van der Waals surface area contributed by atoms with Crippen molar-refractivity contribution in [3.05, 3.63) is 71.9 Å². The van der Waals surface area contributed by atoms with Crippen LogP contribution in [0, 0.1) is 11.3 Å². The van der Waals surface area contributed by atoms with E-state index in [0.717, 1.165) is 18.8 Å². The highest BCUT2D eigenvalue weighted by atomic mass is 35.5. The van der Waals surface area contributed by atoms with E-state index in [9.17, 15) is 10.1 Å². The van der Waals surface area contributed by atoms with Gasteiger partial charge >= 0.3 is 5.97 Å². The van der Waals surface area contributed by atoms with Gasteiger partial charge in [0.15, 0.2) is 11.7 Å². The number of para-hydroxylation sites is 2. The van der Waals surface area contributed by atoms with E-state index in [0.29, 0.717) is 40.7 Å². The van der Waals surface area contributed by atoms with E-state index >= 15 is 0 Å². The molecule has 3 aromatic rings. The molecule has 1 aliphatic heterocycles. The Morgan fingerprint density at radius 3 is 2.47 bits per heavy atom. The van der Waals surface area contributed by atoms with Gasteiger partial charge in [-0.2, -0.15) is 5.26 Å². The molecule has 8 heteroatoms. The number of esters is 1. The van der Waals surface area contributed by atoms with Crippen LogP contribution in [0.2, 0.25) is 5.02 Å². The molecule has 0 unspecified atom stereocenters. The van der Waals surface area contributed by atoms with E-state index in [4.69, 9.17) is 21.3 Å². The van der Waals surface area contributed by atoms with Crippen molar-refractivity contribution in [2.75, 3.05) is 42.6 Å². The summed E-state index contributed by atoms with van der Waals surface area (Å²) < 4.78 is 5.15. The van der Waals surface area contributed by atoms with Crippen molar-refractivity contribution < 1.29 is 9.53 Å². The maximum atomic E-state index is 12.6. The molecule has 0 amide bonds. The van der Waals surface area contributed by atoms with Crippen LogP contribution in [0.15, 0.2) is 61.2 Å². The Bertz CT molecular complexity index is 1180. The Balaban J connectivity index is 1.65. The smallest absolute Gasteiger partial charge is 0.330 e. The molecule has 1 atom stereocenters. The third kappa shape index (κ3) is 4.51. The minimum Gasteiger partial charge on any atom is -0.460 e. The number of halogens is 1. The predicted molar refractivity (Wildman–Crippen MR) is 125 cm³/mol. The van der Waals surface area contributed by atoms with Crippen molar-refractivity contribution in [2.24, 2.45) is 0 Å². The highest BCUT2D eigenvalue weighted by Gasteiger charge is 2.31. The molecule has 0 aliphatic carbocycles. The lowest BCUT2D eigenvalue weighted by Crippen LogP contribution is -2.47. The Hall–Kier alpha value is -3.63. The summed E-state index contributed by atoms with van der Waals surface area (Å²) in [6.45, 7) is 6.39. The zero-order valence-corrected chi connectivity index (χ0v) is 18.2. The fourth-order valence-corrected chi connectivity index (χ4v) is 3.91. The normalized spacial score (nSPS) is 14.6. The lowest BCUT2D eigenvalue weighted by Gasteiger charge is -2.37. The molecule has 162 valence electrons. The van der Waals surface area contributed by atoms with Crippen LogP contribution < -0.4 is 9.80 Å². The van der Waals surface area contributed by atoms with Crippen molar-refractivity contribution in [3.8, 4) is 6.07 Å². The van der Waals surface area contributed by atoms with Crippen molar-refractivity contribution in [3.63, 3.8) is 0 Å². The average Bonchev–Trinajstić information content (AvgIpc) is 2.83. The van der Waals surface area contributed by atoms with E-state index in [-0.39, 0.29) is 6.61 Å². The number of rotatable bonds is 6. The molecule has 1 saturated heterocycles. The van der Waals surface area contributed by atoms with Gasteiger partial charge in [0.2, 0.25) is 0 Å². The molecule has 1 fully saturated rings. The maximum Gasteiger partial charge on any atom is 0.330 e. The van der Waals surface area contributed by atoms with E-state index in [1.165, 1.54) is 6.08 Å². The number of hydrogen-bond acceptors (Lipinski definition) is 7. The lowest BCUT2D eigenvalue weighted by molar-refractivity contribution is -0.142. The second-order valence-electron chi connectivity index (χ2n) is 7.36. The van der Waals surface area contributed by atoms with Gasteiger partial charge in [0.1, 0.15) is 12.3 Å². The highest BCUT2D eigenvalue weighted by Crippen LogP contribution is 2.29. The Labute approximate surface area is 191 Å². The summed E-state index contributed by atoms with van der Waals surface area (Å²) in [5, 5.41) is 10.5. The summed E-state index contributed by atoms with van der Waals surface area (Å²) >= 11 is 6.15. The maximum absolute atomic E-state index is 12.6. The lowest BCUT2D eigenvalue weighted by atomic mass is 10.1. The molecule has 4 rings (SSSR count). The average molecular weight is 448 g/mol. The Kier molecular flexibility index (Phi) is 6.52. The van der Waals surface area contributed by atoms with Gasteiger partial charge < -0.3 is 14.5 Å². The largest absolute Gasteiger partial charge is 0.460 e. The zero-order chi connectivity index (χ0) is 22.5. The first-order valence-corrected chi connectivity index (χ1v) is 10.7. The van der Waals surface area contributed by atoms with Gasteiger partial charge in [0.25, 0.3) is 0 Å². The minimum atomic E-state index is -1.17. The third-order valence-corrected chi connectivity index (χ3v) is 5.55. The summed E-state index contributed by atoms with van der Waals surface area (Å²) in [6, 6.07) is 17.2. The van der Waals surface area contributed by atoms with Gasteiger partial charge in [-0.05, 0) is 30.3 Å². The van der Waals surface area contributed by atoms with Gasteiger partial charge in [-0.15, -0.1) is 0 Å². The molecule has 1 aliphatic rings. The molecule has 2 heterocycles. The first-order chi connectivity index (χ1) is 15.6. The number of anilines is 2. The second-order valence-corrected chi connectivity index (χ2v) is 7.79. The topological polar surface area (TPSA) is 82.3 Å². The van der Waals surface area contributed by atoms with E-state index in [1.54, 1.807) is 0 Å². The fraction of sp³-hybridized carbons (Fsp3) is 0.250. The van der Waals surface area contributed by atoms with Crippen LogP contribution in [0.25, 0.3) is 11.0 Å². The van der Waals surface area contributed by atoms with Gasteiger partial charge in [0.05, 0.1) is 17.1 Å². The van der Waals surface area contributed by atoms with Gasteiger partial charge in [-0.25, -0.2) is 9.97 Å². The zero-order valence-electron chi connectivity index (χ0n) is 17.4. The van der Waals surface area contributed by atoms with E-state index in [2.05, 4.69) is 21.4 Å². The van der Waals surface area contributed by atoms with Crippen molar-refractivity contribution in [1.82, 2.24) is 9.97 Å². The van der Waals surface area contributed by atoms with Crippen LogP contribution in [-0.2, 0) is 9.53 Å². The standard InChI is InChI=1S/C24H22ClN5O2/c1-2-14-32-24(31)19(16-26)22-23(28-21-9-4-3-8-20(21)27-22)30-12-10-29(11-13-30)18-7-5-6-17(25)15-18/h2-9,15,19H,1,10-14H2/t19-/m0/s1. The van der Waals surface area contributed by atoms with E-state index in [1.807, 2.05) is 54.6 Å². The van der Waals surface area contributed by atoms with Crippen LogP contribution >= 0.6 is 11.6 Å². The van der Waals surface area contributed by atoms with Crippen LogP contribution in [0.4, 0.5) is 11.5 Å². The monoisotopic (exact) mass is 447 g/mol. The van der Waals surface area contributed by atoms with Crippen molar-refractivity contribution >= 4 is 40.1 Å². The first kappa shape index (κ1) is 21.6. The summed E-state index contributed by atoms with van der Waals surface area (Å²) in [7, 11) is 0. The molecule has 1 aromatic heterocycles. The predicted octanol–water partition coefficient (Wildman–Crippen LogP) is 3.95. The molecule has 32 heavy (non-hydrogen) atoms. The van der Waals surface area contributed by atoms with Crippen molar-refractivity contribution in [1.29, 1.82) is 5.26 Å². The van der Waals surface area contributed by atoms with Gasteiger partial charge in [0, 0.05) is 36.9 Å². The Morgan fingerprint density at radius 1 is 1.12 bits per heavy atom. The number of hydrogen-bond donors (Lipinski definition) is 0. The van der Waals surface area contributed by atoms with Crippen LogP contribution in [-0.4, -0.2) is 48.7 Å². The molecule has 0 saturated carbocycles. The molecule has 2 aromatic carbocycles. The number of fused-ring (bicyclic) bond motifs is 1. The fourth-order valence-electron chi connectivity index (χ4n) is 3.73. The number of carbonyl (C=O) groups is 1. The second kappa shape index (κ2) is 9.67. The Morgan fingerprint density at radius 2 is 1.81 bits per heavy atom. The number of aromatic nitrogens is 2. The van der Waals surface area contributed by atoms with Crippen LogP contribution in [0.5, 0.6) is 0 Å². The first-order valence-electron chi connectivity index (χ1n) is 10.3. The summed E-state index contributed by atoms with van der Waals surface area (Å²) in [5.74, 6) is -1.29. The number of piperazine rings is 1. The van der Waals surface area contributed by atoms with E-state index < -0.39 is 11.9 Å². The van der Waals surface area contributed by atoms with Crippen molar-refractivity contribution in [2.45, 2.75) is 5.92 Å². The number of ether oxygens (including phenoxy) is 1. The minimum absolute atomic E-state index is 0.0334. The number of benzene rings is 2. The third-order valence-electron chi connectivity index (χ3n) is 5.31. The molecular weight excluding hydrogens is 426 g/mol. The SMILES string of the molecule is C=CCOC(=O)[C@@H](C#N)c1nc2ccccc2nc1N1CCN(c2cccc(Cl)c2)CC1. The summed E-state index contributed by atoms with van der Waals surface area (Å²) in [4.78, 5) is 26.3. The van der Waals surface area contributed by atoms with Crippen LogP contribution in [0.3, 0.4) is 0 Å². The molecule has 0 N–H and O–H groups in total. The molecule has 7 nitrogen and oxygen atoms in total. The van der Waals surface area contributed by atoms with Gasteiger partial charge in [-0.3, -0.25) is 4.79 Å². The highest BCUT2D eigenvalue weighted by molar-refractivity contribution is 6.30. The van der Waals surface area contributed by atoms with Gasteiger partial charge in [-0.1, -0.05) is 42.5 Å². The quantitative estimate of drug-likeness (QED) is 0.418. The summed E-state index contributed by atoms with van der Waals surface area (Å²) in [5.41, 5.74) is 2.71. The van der Waals surface area contributed by atoms with Crippen LogP contribution in [0.1, 0.15) is 11.6 Å². The molecule has 0 bridgehead atoms. The number of nitriles is 1. The molecular formula is C24H22ClN5O2. The number of carbonyl (C=O) groups excluding carboxylic acids is 1. The molecule has 0 radical (unpaired) electrons.